The van der Waals surface area contributed by atoms with Gasteiger partial charge in [-0.15, -0.1) is 0 Å². The smallest absolute Gasteiger partial charge is 0.294 e. The lowest BCUT2D eigenvalue weighted by molar-refractivity contribution is -0.127. The zero-order valence-electron chi connectivity index (χ0n) is 19.2. The zero-order chi connectivity index (χ0) is 24.8. The first-order valence-electron chi connectivity index (χ1n) is 10.5. The van der Waals surface area contributed by atoms with Gasteiger partial charge in [0.1, 0.15) is 12.3 Å². The minimum atomic E-state index is -0.520. The SMILES string of the molecule is CC[C@@H](C)Oc1c(I)cc(/C=C2/SC(=O)N(CC(=O)Nc3ccc(OC)cc3)C2=O)cc1OC. The Morgan fingerprint density at radius 1 is 1.18 bits per heavy atom. The number of nitrogens with zero attached hydrogens (tertiary/aromatic N) is 1. The van der Waals surface area contributed by atoms with E-state index in [1.54, 1.807) is 50.6 Å². The third-order valence-electron chi connectivity index (χ3n) is 4.99. The van der Waals surface area contributed by atoms with Crippen molar-refractivity contribution in [1.82, 2.24) is 4.90 Å². The second-order valence-electron chi connectivity index (χ2n) is 7.42. The Labute approximate surface area is 216 Å². The van der Waals surface area contributed by atoms with Crippen molar-refractivity contribution < 1.29 is 28.6 Å². The molecule has 1 atom stereocenters. The molecule has 0 bridgehead atoms. The Hall–Kier alpha value is -2.73. The Morgan fingerprint density at radius 3 is 2.50 bits per heavy atom. The van der Waals surface area contributed by atoms with Gasteiger partial charge in [0.2, 0.25) is 5.91 Å². The number of hydrogen-bond acceptors (Lipinski definition) is 7. The predicted molar refractivity (Wildman–Crippen MR) is 140 cm³/mol. The highest BCUT2D eigenvalue weighted by atomic mass is 127. The second-order valence-corrected chi connectivity index (χ2v) is 9.57. The van der Waals surface area contributed by atoms with Crippen molar-refractivity contribution in [2.24, 2.45) is 0 Å². The molecule has 1 aliphatic rings. The van der Waals surface area contributed by atoms with E-state index < -0.39 is 17.1 Å². The average molecular weight is 596 g/mol. The third kappa shape index (κ3) is 6.23. The molecule has 1 saturated heterocycles. The molecule has 3 rings (SSSR count). The molecule has 0 aliphatic carbocycles. The van der Waals surface area contributed by atoms with Crippen LogP contribution in [0.2, 0.25) is 0 Å². The van der Waals surface area contributed by atoms with Crippen molar-refractivity contribution in [3.8, 4) is 17.2 Å². The van der Waals surface area contributed by atoms with Gasteiger partial charge in [-0.3, -0.25) is 19.3 Å². The molecule has 0 unspecified atom stereocenters. The van der Waals surface area contributed by atoms with E-state index in [4.69, 9.17) is 14.2 Å². The van der Waals surface area contributed by atoms with E-state index in [0.29, 0.717) is 28.5 Å². The number of carbonyl (C=O) groups is 3. The molecule has 0 aromatic heterocycles. The Morgan fingerprint density at radius 2 is 1.88 bits per heavy atom. The minimum Gasteiger partial charge on any atom is -0.497 e. The van der Waals surface area contributed by atoms with Gasteiger partial charge in [0.05, 0.1) is 28.8 Å². The molecular formula is C24H25IN2O6S. The fourth-order valence-corrected chi connectivity index (χ4v) is 4.62. The molecule has 1 heterocycles. The van der Waals surface area contributed by atoms with Crippen LogP contribution in [0.25, 0.3) is 6.08 Å². The molecule has 1 N–H and O–H groups in total. The van der Waals surface area contributed by atoms with Crippen molar-refractivity contribution in [1.29, 1.82) is 0 Å². The van der Waals surface area contributed by atoms with Gasteiger partial charge < -0.3 is 19.5 Å². The maximum Gasteiger partial charge on any atom is 0.294 e. The first kappa shape index (κ1) is 25.9. The van der Waals surface area contributed by atoms with Gasteiger partial charge in [0.25, 0.3) is 11.1 Å². The van der Waals surface area contributed by atoms with Crippen LogP contribution in [0.1, 0.15) is 25.8 Å². The van der Waals surface area contributed by atoms with E-state index in [0.717, 1.165) is 26.7 Å². The topological polar surface area (TPSA) is 94.2 Å². The number of halogens is 1. The van der Waals surface area contributed by atoms with Crippen LogP contribution in [0.3, 0.4) is 0 Å². The highest BCUT2D eigenvalue weighted by molar-refractivity contribution is 14.1. The number of hydrogen-bond donors (Lipinski definition) is 1. The standard InChI is InChI=1S/C24H25IN2O6S/c1-5-14(2)33-22-18(25)10-15(11-19(22)32-4)12-20-23(29)27(24(30)34-20)13-21(28)26-16-6-8-17(31-3)9-7-16/h6-12,14H,5,13H2,1-4H3,(H,26,28)/b20-12+/t14-/m1/s1. The lowest BCUT2D eigenvalue weighted by Gasteiger charge is -2.17. The second kappa shape index (κ2) is 11.6. The molecule has 34 heavy (non-hydrogen) atoms. The molecule has 1 aliphatic heterocycles. The number of rotatable bonds is 9. The number of carbonyl (C=O) groups excluding carboxylic acids is 3. The van der Waals surface area contributed by atoms with Crippen LogP contribution in [-0.2, 0) is 9.59 Å². The van der Waals surface area contributed by atoms with E-state index in [1.165, 1.54) is 0 Å². The summed E-state index contributed by atoms with van der Waals surface area (Å²) in [7, 11) is 3.10. The molecular weight excluding hydrogens is 571 g/mol. The van der Waals surface area contributed by atoms with Crippen LogP contribution in [0.15, 0.2) is 41.3 Å². The number of imide groups is 1. The number of ether oxygens (including phenoxy) is 3. The summed E-state index contributed by atoms with van der Waals surface area (Å²) in [5.74, 6) is 0.833. The van der Waals surface area contributed by atoms with Crippen molar-refractivity contribution in [3.05, 3.63) is 50.4 Å². The van der Waals surface area contributed by atoms with Crippen LogP contribution < -0.4 is 19.5 Å². The Bertz CT molecular complexity index is 1120. The minimum absolute atomic E-state index is 0.0221. The third-order valence-corrected chi connectivity index (χ3v) is 6.70. The highest BCUT2D eigenvalue weighted by Crippen LogP contribution is 2.38. The molecule has 3 amide bonds. The van der Waals surface area contributed by atoms with E-state index in [-0.39, 0.29) is 17.6 Å². The van der Waals surface area contributed by atoms with E-state index in [1.807, 2.05) is 19.9 Å². The van der Waals surface area contributed by atoms with E-state index >= 15 is 0 Å². The summed E-state index contributed by atoms with van der Waals surface area (Å²) in [5.41, 5.74) is 1.22. The molecule has 180 valence electrons. The molecule has 0 saturated carbocycles. The first-order valence-corrected chi connectivity index (χ1v) is 12.4. The summed E-state index contributed by atoms with van der Waals surface area (Å²) in [6, 6.07) is 10.4. The Kier molecular flexibility index (Phi) is 8.84. The van der Waals surface area contributed by atoms with Gasteiger partial charge in [0, 0.05) is 5.69 Å². The molecule has 10 heteroatoms. The van der Waals surface area contributed by atoms with Gasteiger partial charge in [-0.1, -0.05) is 6.92 Å². The van der Waals surface area contributed by atoms with Crippen molar-refractivity contribution in [2.75, 3.05) is 26.1 Å². The molecule has 8 nitrogen and oxygen atoms in total. The summed E-state index contributed by atoms with van der Waals surface area (Å²) in [5, 5.41) is 2.17. The normalized spacial score (nSPS) is 15.4. The van der Waals surface area contributed by atoms with Gasteiger partial charge in [-0.25, -0.2) is 0 Å². The van der Waals surface area contributed by atoms with Crippen LogP contribution in [0.4, 0.5) is 10.5 Å². The van der Waals surface area contributed by atoms with Gasteiger partial charge in [-0.05, 0) is 95.7 Å². The monoisotopic (exact) mass is 596 g/mol. The lowest BCUT2D eigenvalue weighted by atomic mass is 10.1. The summed E-state index contributed by atoms with van der Waals surface area (Å²) in [4.78, 5) is 38.9. The van der Waals surface area contributed by atoms with Gasteiger partial charge in [0.15, 0.2) is 11.5 Å². The van der Waals surface area contributed by atoms with Gasteiger partial charge in [-0.2, -0.15) is 0 Å². The van der Waals surface area contributed by atoms with Crippen molar-refractivity contribution >= 4 is 63.2 Å². The number of benzene rings is 2. The Balaban J connectivity index is 1.73. The van der Waals surface area contributed by atoms with E-state index in [9.17, 15) is 14.4 Å². The molecule has 2 aromatic rings. The number of amides is 3. The highest BCUT2D eigenvalue weighted by Gasteiger charge is 2.36. The maximum absolute atomic E-state index is 12.8. The maximum atomic E-state index is 12.8. The van der Waals surface area contributed by atoms with Crippen molar-refractivity contribution in [3.63, 3.8) is 0 Å². The number of nitrogens with one attached hydrogen (secondary N) is 1. The van der Waals surface area contributed by atoms with Crippen LogP contribution in [-0.4, -0.2) is 48.8 Å². The largest absolute Gasteiger partial charge is 0.497 e. The summed E-state index contributed by atoms with van der Waals surface area (Å²) < 4.78 is 17.4. The predicted octanol–water partition coefficient (Wildman–Crippen LogP) is 5.16. The fraction of sp³-hybridized carbons (Fsp3) is 0.292. The average Bonchev–Trinajstić information content (AvgIpc) is 3.08. The quantitative estimate of drug-likeness (QED) is 0.316. The summed E-state index contributed by atoms with van der Waals surface area (Å²) in [6.07, 6.45) is 2.48. The lowest BCUT2D eigenvalue weighted by Crippen LogP contribution is -2.36. The number of methoxy groups -OCH3 is 2. The number of thioether (sulfide) groups is 1. The number of anilines is 1. The summed E-state index contributed by atoms with van der Waals surface area (Å²) in [6.45, 7) is 3.63. The molecule has 1 fully saturated rings. The van der Waals surface area contributed by atoms with Crippen molar-refractivity contribution in [2.45, 2.75) is 26.4 Å². The fourth-order valence-electron chi connectivity index (χ4n) is 3.03. The zero-order valence-corrected chi connectivity index (χ0v) is 22.2. The molecule has 0 spiro atoms. The summed E-state index contributed by atoms with van der Waals surface area (Å²) >= 11 is 2.95. The van der Waals surface area contributed by atoms with Crippen LogP contribution in [0.5, 0.6) is 17.2 Å². The van der Waals surface area contributed by atoms with Crippen LogP contribution >= 0.6 is 34.4 Å². The first-order chi connectivity index (χ1) is 16.2. The molecule has 2 aromatic carbocycles. The van der Waals surface area contributed by atoms with Crippen LogP contribution in [0, 0.1) is 3.57 Å². The molecule has 0 radical (unpaired) electrons. The van der Waals surface area contributed by atoms with E-state index in [2.05, 4.69) is 27.9 Å². The van der Waals surface area contributed by atoms with Gasteiger partial charge >= 0.3 is 0 Å².